The third-order valence-electron chi connectivity index (χ3n) is 3.94. The fraction of sp³-hybridized carbons (Fsp3) is 0.412. The number of aromatic nitrogens is 2. The molecule has 0 aliphatic rings. The molecule has 6 nitrogen and oxygen atoms in total. The van der Waals surface area contributed by atoms with Crippen LogP contribution in [0, 0.1) is 5.41 Å². The molecule has 7 heteroatoms. The number of hydrogen-bond acceptors (Lipinski definition) is 4. The topological polar surface area (TPSA) is 96.2 Å². The van der Waals surface area contributed by atoms with Gasteiger partial charge in [0.15, 0.2) is 0 Å². The molecule has 0 saturated carbocycles. The minimum atomic E-state index is -0.521. The lowest BCUT2D eigenvalue weighted by Crippen LogP contribution is -2.40. The number of ether oxygens (including phenoxy) is 1. The summed E-state index contributed by atoms with van der Waals surface area (Å²) < 4.78 is 7.54. The standard InChI is InChI=1S/C17H23ClN4O2/c1-17(2,3)14(19)9-24-13-6-5-10(16(20)23)7-11(13)15-12(18)8-21-22(15)4/h5-8,14H,9,19H2,1-4H3,(H2,20,23)/t14-/m1/s1. The predicted octanol–water partition coefficient (Wildman–Crippen LogP) is 2.59. The van der Waals surface area contributed by atoms with Crippen molar-refractivity contribution < 1.29 is 9.53 Å². The SMILES string of the molecule is Cn1ncc(Cl)c1-c1cc(C(N)=O)ccc1OC[C@@H](N)C(C)(C)C. The first-order valence-corrected chi connectivity index (χ1v) is 7.99. The van der Waals surface area contributed by atoms with E-state index < -0.39 is 5.91 Å². The van der Waals surface area contributed by atoms with Gasteiger partial charge in [0, 0.05) is 24.2 Å². The summed E-state index contributed by atoms with van der Waals surface area (Å²) in [5.41, 5.74) is 13.1. The van der Waals surface area contributed by atoms with Crippen LogP contribution in [-0.4, -0.2) is 28.3 Å². The Morgan fingerprint density at radius 2 is 2.08 bits per heavy atom. The van der Waals surface area contributed by atoms with Crippen LogP contribution in [0.15, 0.2) is 24.4 Å². The van der Waals surface area contributed by atoms with Gasteiger partial charge in [-0.05, 0) is 23.6 Å². The molecule has 1 heterocycles. The van der Waals surface area contributed by atoms with Crippen molar-refractivity contribution in [3.63, 3.8) is 0 Å². The van der Waals surface area contributed by atoms with E-state index in [9.17, 15) is 4.79 Å². The third kappa shape index (κ3) is 3.88. The largest absolute Gasteiger partial charge is 0.491 e. The van der Waals surface area contributed by atoms with Crippen molar-refractivity contribution in [2.24, 2.45) is 23.9 Å². The molecule has 0 aliphatic carbocycles. The number of benzene rings is 1. The van der Waals surface area contributed by atoms with Crippen LogP contribution < -0.4 is 16.2 Å². The summed E-state index contributed by atoms with van der Waals surface area (Å²) in [5.74, 6) is 0.0534. The smallest absolute Gasteiger partial charge is 0.248 e. The molecule has 0 radical (unpaired) electrons. The molecular formula is C17H23ClN4O2. The van der Waals surface area contributed by atoms with Crippen molar-refractivity contribution in [1.29, 1.82) is 0 Å². The van der Waals surface area contributed by atoms with Crippen molar-refractivity contribution in [3.05, 3.63) is 35.0 Å². The fourth-order valence-electron chi connectivity index (χ4n) is 2.14. The quantitative estimate of drug-likeness (QED) is 0.866. The summed E-state index contributed by atoms with van der Waals surface area (Å²) in [6.45, 7) is 6.49. The van der Waals surface area contributed by atoms with Crippen LogP contribution in [0.1, 0.15) is 31.1 Å². The third-order valence-corrected chi connectivity index (χ3v) is 4.22. The first-order valence-electron chi connectivity index (χ1n) is 7.61. The Balaban J connectivity index is 2.43. The first kappa shape index (κ1) is 18.3. The maximum absolute atomic E-state index is 11.5. The molecule has 0 spiro atoms. The Morgan fingerprint density at radius 3 is 2.58 bits per heavy atom. The molecule has 1 atom stereocenters. The van der Waals surface area contributed by atoms with Gasteiger partial charge in [-0.1, -0.05) is 32.4 Å². The number of carbonyl (C=O) groups excluding carboxylic acids is 1. The lowest BCUT2D eigenvalue weighted by Gasteiger charge is -2.27. The summed E-state index contributed by atoms with van der Waals surface area (Å²) in [6.07, 6.45) is 1.54. The van der Waals surface area contributed by atoms with Gasteiger partial charge in [-0.3, -0.25) is 9.48 Å². The van der Waals surface area contributed by atoms with Gasteiger partial charge in [0.25, 0.3) is 0 Å². The molecule has 2 aromatic rings. The zero-order chi connectivity index (χ0) is 18.1. The van der Waals surface area contributed by atoms with Crippen molar-refractivity contribution >= 4 is 17.5 Å². The fourth-order valence-corrected chi connectivity index (χ4v) is 2.41. The number of amides is 1. The van der Waals surface area contributed by atoms with Crippen LogP contribution in [0.5, 0.6) is 5.75 Å². The average Bonchev–Trinajstić information content (AvgIpc) is 2.82. The van der Waals surface area contributed by atoms with Gasteiger partial charge in [-0.25, -0.2) is 0 Å². The molecule has 2 rings (SSSR count). The van der Waals surface area contributed by atoms with E-state index >= 15 is 0 Å². The molecule has 0 bridgehead atoms. The first-order chi connectivity index (χ1) is 11.1. The van der Waals surface area contributed by atoms with Gasteiger partial charge in [-0.2, -0.15) is 5.10 Å². The van der Waals surface area contributed by atoms with Crippen LogP contribution in [0.3, 0.4) is 0 Å². The summed E-state index contributed by atoms with van der Waals surface area (Å²) in [5, 5.41) is 4.59. The van der Waals surface area contributed by atoms with Crippen LogP contribution in [0.4, 0.5) is 0 Å². The van der Waals surface area contributed by atoms with E-state index in [1.807, 2.05) is 0 Å². The maximum Gasteiger partial charge on any atom is 0.248 e. The number of primary amides is 1. The zero-order valence-corrected chi connectivity index (χ0v) is 15.1. The van der Waals surface area contributed by atoms with Crippen LogP contribution in [-0.2, 0) is 7.05 Å². The molecule has 0 unspecified atom stereocenters. The second-order valence-corrected chi connectivity index (χ2v) is 7.23. The summed E-state index contributed by atoms with van der Waals surface area (Å²) >= 11 is 6.24. The Labute approximate surface area is 146 Å². The number of hydrogen-bond donors (Lipinski definition) is 2. The van der Waals surface area contributed by atoms with Gasteiger partial charge in [-0.15, -0.1) is 0 Å². The van der Waals surface area contributed by atoms with E-state index in [-0.39, 0.29) is 11.5 Å². The van der Waals surface area contributed by atoms with Gasteiger partial charge >= 0.3 is 0 Å². The van der Waals surface area contributed by atoms with Crippen molar-refractivity contribution in [1.82, 2.24) is 9.78 Å². The predicted molar refractivity (Wildman–Crippen MR) is 95.1 cm³/mol. The summed E-state index contributed by atoms with van der Waals surface area (Å²) in [7, 11) is 1.77. The van der Waals surface area contributed by atoms with E-state index in [0.29, 0.717) is 34.2 Å². The Bertz CT molecular complexity index is 730. The number of nitrogens with zero attached hydrogens (tertiary/aromatic N) is 2. The molecule has 0 aliphatic heterocycles. The van der Waals surface area contributed by atoms with E-state index in [0.717, 1.165) is 0 Å². The van der Waals surface area contributed by atoms with Gasteiger partial charge in [0.1, 0.15) is 12.4 Å². The minimum absolute atomic E-state index is 0.0858. The number of rotatable bonds is 5. The average molecular weight is 351 g/mol. The second kappa shape index (κ2) is 6.83. The zero-order valence-electron chi connectivity index (χ0n) is 14.3. The van der Waals surface area contributed by atoms with E-state index in [1.54, 1.807) is 36.1 Å². The van der Waals surface area contributed by atoms with Crippen molar-refractivity contribution in [2.75, 3.05) is 6.61 Å². The number of nitrogens with two attached hydrogens (primary N) is 2. The highest BCUT2D eigenvalue weighted by Gasteiger charge is 2.23. The molecule has 0 saturated heterocycles. The molecule has 4 N–H and O–H groups in total. The molecular weight excluding hydrogens is 328 g/mol. The van der Waals surface area contributed by atoms with E-state index in [4.69, 9.17) is 27.8 Å². The normalized spacial score (nSPS) is 12.9. The van der Waals surface area contributed by atoms with Crippen LogP contribution >= 0.6 is 11.6 Å². The summed E-state index contributed by atoms with van der Waals surface area (Å²) in [4.78, 5) is 11.5. The highest BCUT2D eigenvalue weighted by molar-refractivity contribution is 6.33. The van der Waals surface area contributed by atoms with Crippen molar-refractivity contribution in [3.8, 4) is 17.0 Å². The molecule has 0 fully saturated rings. The Hall–Kier alpha value is -2.05. The molecule has 1 amide bonds. The number of halogens is 1. The van der Waals surface area contributed by atoms with Crippen LogP contribution in [0.2, 0.25) is 5.02 Å². The van der Waals surface area contributed by atoms with Crippen LogP contribution in [0.25, 0.3) is 11.3 Å². The molecule has 1 aromatic carbocycles. The van der Waals surface area contributed by atoms with Gasteiger partial charge in [0.05, 0.1) is 16.9 Å². The van der Waals surface area contributed by atoms with Gasteiger partial charge < -0.3 is 16.2 Å². The number of aryl methyl sites for hydroxylation is 1. The molecule has 24 heavy (non-hydrogen) atoms. The highest BCUT2D eigenvalue weighted by atomic mass is 35.5. The highest BCUT2D eigenvalue weighted by Crippen LogP contribution is 2.35. The minimum Gasteiger partial charge on any atom is -0.491 e. The van der Waals surface area contributed by atoms with Crippen molar-refractivity contribution in [2.45, 2.75) is 26.8 Å². The Morgan fingerprint density at radius 1 is 1.42 bits per heavy atom. The Kier molecular flexibility index (Phi) is 5.20. The molecule has 1 aromatic heterocycles. The van der Waals surface area contributed by atoms with Gasteiger partial charge in [0.2, 0.25) is 5.91 Å². The second-order valence-electron chi connectivity index (χ2n) is 6.82. The van der Waals surface area contributed by atoms with E-state index in [2.05, 4.69) is 25.9 Å². The summed E-state index contributed by atoms with van der Waals surface area (Å²) in [6, 6.07) is 4.83. The molecule has 130 valence electrons. The lowest BCUT2D eigenvalue weighted by molar-refractivity contribution is 0.100. The monoisotopic (exact) mass is 350 g/mol. The van der Waals surface area contributed by atoms with E-state index in [1.165, 1.54) is 0 Å². The lowest BCUT2D eigenvalue weighted by atomic mass is 9.88. The maximum atomic E-state index is 11.5. The number of carbonyl (C=O) groups is 1.